The number of methoxy groups -OCH3 is 2. The molecule has 4 nitrogen and oxygen atoms in total. The Hall–Kier alpha value is -1.50. The van der Waals surface area contributed by atoms with Crippen molar-refractivity contribution in [2.45, 2.75) is 13.3 Å². The lowest BCUT2D eigenvalue weighted by Crippen LogP contribution is -2.14. The number of hydrogen-bond donors (Lipinski definition) is 0. The first kappa shape index (κ1) is 11.5. The van der Waals surface area contributed by atoms with Gasteiger partial charge < -0.3 is 9.47 Å². The van der Waals surface area contributed by atoms with Gasteiger partial charge in [0.05, 0.1) is 26.6 Å². The number of nitriles is 1. The predicted octanol–water partition coefficient (Wildman–Crippen LogP) is 1.24. The molecule has 72 valence electrons. The summed E-state index contributed by atoms with van der Waals surface area (Å²) in [5, 5.41) is 8.63. The molecule has 13 heavy (non-hydrogen) atoms. The number of ether oxygens (including phenoxy) is 2. The second kappa shape index (κ2) is 6.06. The van der Waals surface area contributed by atoms with Crippen molar-refractivity contribution < 1.29 is 14.3 Å². The summed E-state index contributed by atoms with van der Waals surface area (Å²) in [4.78, 5) is 11.0. The standard InChI is InChI=1S/C9H13NO3/c1-7(6-12-2)4-8(5-10)9(11)13-3/h6,8H,4H2,1-3H3/b7-6+. The SMILES string of the molecule is CO/C=C(\C)CC(C#N)C(=O)OC. The van der Waals surface area contributed by atoms with E-state index >= 15 is 0 Å². The number of nitrogens with zero attached hydrogens (tertiary/aromatic N) is 1. The highest BCUT2D eigenvalue weighted by Crippen LogP contribution is 2.11. The molecular formula is C9H13NO3. The van der Waals surface area contributed by atoms with Crippen LogP contribution >= 0.6 is 0 Å². The largest absolute Gasteiger partial charge is 0.504 e. The molecule has 0 N–H and O–H groups in total. The van der Waals surface area contributed by atoms with Crippen molar-refractivity contribution in [1.29, 1.82) is 5.26 Å². The molecule has 0 spiro atoms. The summed E-state index contributed by atoms with van der Waals surface area (Å²) in [5.74, 6) is -1.25. The second-order valence-electron chi connectivity index (χ2n) is 2.61. The number of allylic oxidation sites excluding steroid dienone is 1. The first-order valence-corrected chi connectivity index (χ1v) is 3.81. The van der Waals surface area contributed by atoms with Crippen LogP contribution in [-0.2, 0) is 14.3 Å². The summed E-state index contributed by atoms with van der Waals surface area (Å²) in [7, 11) is 2.78. The minimum atomic E-state index is -0.739. The molecule has 0 amide bonds. The molecule has 0 rings (SSSR count). The first-order chi connectivity index (χ1) is 6.15. The third-order valence-corrected chi connectivity index (χ3v) is 1.49. The molecule has 0 saturated carbocycles. The van der Waals surface area contributed by atoms with E-state index in [0.717, 1.165) is 5.57 Å². The van der Waals surface area contributed by atoms with Gasteiger partial charge in [-0.2, -0.15) is 5.26 Å². The number of hydrogen-bond acceptors (Lipinski definition) is 4. The number of carbonyl (C=O) groups is 1. The van der Waals surface area contributed by atoms with Crippen LogP contribution in [0.15, 0.2) is 11.8 Å². The summed E-state index contributed by atoms with van der Waals surface area (Å²) >= 11 is 0. The number of rotatable bonds is 4. The third kappa shape index (κ3) is 4.16. The molecule has 0 aliphatic heterocycles. The lowest BCUT2D eigenvalue weighted by molar-refractivity contribution is -0.143. The van der Waals surface area contributed by atoms with E-state index in [9.17, 15) is 4.79 Å². The van der Waals surface area contributed by atoms with Crippen molar-refractivity contribution in [3.63, 3.8) is 0 Å². The van der Waals surface area contributed by atoms with Gasteiger partial charge in [0.1, 0.15) is 5.92 Å². The molecule has 0 heterocycles. The topological polar surface area (TPSA) is 59.3 Å². The fourth-order valence-electron chi connectivity index (χ4n) is 0.895. The van der Waals surface area contributed by atoms with Crippen LogP contribution in [0.4, 0.5) is 0 Å². The summed E-state index contributed by atoms with van der Waals surface area (Å²) in [5.41, 5.74) is 0.833. The monoisotopic (exact) mass is 183 g/mol. The van der Waals surface area contributed by atoms with Crippen LogP contribution in [0.1, 0.15) is 13.3 Å². The lowest BCUT2D eigenvalue weighted by atomic mass is 10.0. The Labute approximate surface area is 77.8 Å². The Morgan fingerprint density at radius 1 is 1.62 bits per heavy atom. The van der Waals surface area contributed by atoms with E-state index in [2.05, 4.69) is 4.74 Å². The first-order valence-electron chi connectivity index (χ1n) is 3.81. The summed E-state index contributed by atoms with van der Waals surface area (Å²) < 4.78 is 9.19. The molecule has 0 aliphatic carbocycles. The van der Waals surface area contributed by atoms with Crippen LogP contribution < -0.4 is 0 Å². The quantitative estimate of drug-likeness (QED) is 0.486. The van der Waals surface area contributed by atoms with Gasteiger partial charge in [0, 0.05) is 0 Å². The maximum Gasteiger partial charge on any atom is 0.323 e. The molecule has 4 heteroatoms. The Bertz CT molecular complexity index is 240. The highest BCUT2D eigenvalue weighted by molar-refractivity contribution is 5.75. The van der Waals surface area contributed by atoms with E-state index in [1.165, 1.54) is 20.5 Å². The zero-order chi connectivity index (χ0) is 10.3. The van der Waals surface area contributed by atoms with Crippen molar-refractivity contribution in [3.05, 3.63) is 11.8 Å². The molecule has 0 aromatic heterocycles. The van der Waals surface area contributed by atoms with Crippen LogP contribution in [-0.4, -0.2) is 20.2 Å². The zero-order valence-corrected chi connectivity index (χ0v) is 8.03. The molecule has 0 aromatic rings. The van der Waals surface area contributed by atoms with Gasteiger partial charge in [-0.05, 0) is 18.9 Å². The second-order valence-corrected chi connectivity index (χ2v) is 2.61. The van der Waals surface area contributed by atoms with Crippen LogP contribution in [0.3, 0.4) is 0 Å². The summed E-state index contributed by atoms with van der Waals surface area (Å²) in [6.07, 6.45) is 1.85. The predicted molar refractivity (Wildman–Crippen MR) is 46.5 cm³/mol. The van der Waals surface area contributed by atoms with E-state index in [1.807, 2.05) is 6.07 Å². The van der Waals surface area contributed by atoms with Gasteiger partial charge in [0.15, 0.2) is 0 Å². The zero-order valence-electron chi connectivity index (χ0n) is 8.03. The van der Waals surface area contributed by atoms with Gasteiger partial charge in [-0.15, -0.1) is 0 Å². The van der Waals surface area contributed by atoms with Crippen LogP contribution in [0.2, 0.25) is 0 Å². The summed E-state index contributed by atoms with van der Waals surface area (Å²) in [6.45, 7) is 1.79. The Morgan fingerprint density at radius 2 is 2.23 bits per heavy atom. The summed E-state index contributed by atoms with van der Waals surface area (Å²) in [6, 6.07) is 1.87. The fraction of sp³-hybridized carbons (Fsp3) is 0.556. The highest BCUT2D eigenvalue weighted by Gasteiger charge is 2.18. The van der Waals surface area contributed by atoms with E-state index in [1.54, 1.807) is 6.92 Å². The van der Waals surface area contributed by atoms with Gasteiger partial charge in [0.2, 0.25) is 0 Å². The molecule has 0 fully saturated rings. The molecular weight excluding hydrogens is 170 g/mol. The molecule has 0 radical (unpaired) electrons. The molecule has 0 aliphatic rings. The fourth-order valence-corrected chi connectivity index (χ4v) is 0.895. The van der Waals surface area contributed by atoms with Crippen molar-refractivity contribution in [2.24, 2.45) is 5.92 Å². The maximum atomic E-state index is 11.0. The van der Waals surface area contributed by atoms with Crippen molar-refractivity contribution in [2.75, 3.05) is 14.2 Å². The minimum Gasteiger partial charge on any atom is -0.504 e. The molecule has 0 saturated heterocycles. The van der Waals surface area contributed by atoms with Crippen LogP contribution in [0.25, 0.3) is 0 Å². The molecule has 0 bridgehead atoms. The normalized spacial score (nSPS) is 12.9. The van der Waals surface area contributed by atoms with Crippen LogP contribution in [0.5, 0.6) is 0 Å². The van der Waals surface area contributed by atoms with Gasteiger partial charge >= 0.3 is 5.97 Å². The number of carbonyl (C=O) groups excluding carboxylic acids is 1. The van der Waals surface area contributed by atoms with E-state index in [0.29, 0.717) is 6.42 Å². The van der Waals surface area contributed by atoms with Gasteiger partial charge in [0.25, 0.3) is 0 Å². The maximum absolute atomic E-state index is 11.0. The Kier molecular flexibility index (Phi) is 5.37. The van der Waals surface area contributed by atoms with Crippen LogP contribution in [0, 0.1) is 17.2 Å². The average Bonchev–Trinajstić information content (AvgIpc) is 2.13. The average molecular weight is 183 g/mol. The molecule has 1 unspecified atom stereocenters. The Balaban J connectivity index is 4.23. The van der Waals surface area contributed by atoms with Gasteiger partial charge in [-0.3, -0.25) is 4.79 Å². The van der Waals surface area contributed by atoms with Crippen molar-refractivity contribution in [1.82, 2.24) is 0 Å². The highest BCUT2D eigenvalue weighted by atomic mass is 16.5. The van der Waals surface area contributed by atoms with Gasteiger partial charge in [-0.25, -0.2) is 0 Å². The smallest absolute Gasteiger partial charge is 0.323 e. The molecule has 0 aromatic carbocycles. The third-order valence-electron chi connectivity index (χ3n) is 1.49. The Morgan fingerprint density at radius 3 is 2.62 bits per heavy atom. The van der Waals surface area contributed by atoms with E-state index in [4.69, 9.17) is 10.00 Å². The van der Waals surface area contributed by atoms with E-state index in [-0.39, 0.29) is 0 Å². The van der Waals surface area contributed by atoms with E-state index < -0.39 is 11.9 Å². The lowest BCUT2D eigenvalue weighted by Gasteiger charge is -2.06. The number of esters is 1. The van der Waals surface area contributed by atoms with Gasteiger partial charge in [-0.1, -0.05) is 0 Å². The van der Waals surface area contributed by atoms with Crippen molar-refractivity contribution >= 4 is 5.97 Å². The minimum absolute atomic E-state index is 0.344. The molecule has 1 atom stereocenters. The van der Waals surface area contributed by atoms with Crippen molar-refractivity contribution in [3.8, 4) is 6.07 Å².